The second kappa shape index (κ2) is 10.8. The summed E-state index contributed by atoms with van der Waals surface area (Å²) in [7, 11) is -3.48. The number of nitrogens with zero attached hydrogens (tertiary/aromatic N) is 3. The van der Waals surface area contributed by atoms with Crippen molar-refractivity contribution in [1.29, 1.82) is 0 Å². The molecule has 2 saturated heterocycles. The number of amides is 1. The van der Waals surface area contributed by atoms with Crippen LogP contribution in [0, 0.1) is 0 Å². The van der Waals surface area contributed by atoms with Crippen LogP contribution in [-0.4, -0.2) is 80.3 Å². The lowest BCUT2D eigenvalue weighted by atomic mass is 10.0. The van der Waals surface area contributed by atoms with Crippen LogP contribution in [0.4, 0.5) is 0 Å². The Morgan fingerprint density at radius 2 is 1.57 bits per heavy atom. The fourth-order valence-electron chi connectivity index (χ4n) is 5.54. The van der Waals surface area contributed by atoms with Gasteiger partial charge in [-0.15, -0.1) is 0 Å². The van der Waals surface area contributed by atoms with Crippen LogP contribution in [0.2, 0.25) is 0 Å². The molecule has 0 unspecified atom stereocenters. The van der Waals surface area contributed by atoms with E-state index in [0.29, 0.717) is 37.6 Å². The zero-order chi connectivity index (χ0) is 24.3. The standard InChI is InChI=1S/C27H36N4O3S/c32-27(28-25-11-13-29(14-12-25)20-22-5-2-1-3-6-22)21-30-15-17-31(18-16-30)35(33,34)26-10-9-23-7-4-8-24(23)19-26/h1-3,5-6,9-10,19,25H,4,7-8,11-18,20-21H2,(H,28,32). The highest BCUT2D eigenvalue weighted by Gasteiger charge is 2.30. The van der Waals surface area contributed by atoms with E-state index < -0.39 is 10.0 Å². The topological polar surface area (TPSA) is 73.0 Å². The Kier molecular flexibility index (Phi) is 7.53. The van der Waals surface area contributed by atoms with Crippen LogP contribution in [-0.2, 0) is 34.2 Å². The summed E-state index contributed by atoms with van der Waals surface area (Å²) < 4.78 is 27.9. The van der Waals surface area contributed by atoms with Gasteiger partial charge in [0.15, 0.2) is 0 Å². The number of likely N-dealkylation sites (tertiary alicyclic amines) is 1. The van der Waals surface area contributed by atoms with Gasteiger partial charge in [-0.25, -0.2) is 8.42 Å². The second-order valence-corrected chi connectivity index (χ2v) is 12.0. The molecule has 0 saturated carbocycles. The molecule has 0 bridgehead atoms. The molecule has 35 heavy (non-hydrogen) atoms. The maximum atomic E-state index is 13.1. The fraction of sp³-hybridized carbons (Fsp3) is 0.519. The van der Waals surface area contributed by atoms with Crippen LogP contribution in [0.25, 0.3) is 0 Å². The molecule has 2 fully saturated rings. The van der Waals surface area contributed by atoms with Crippen LogP contribution in [0.1, 0.15) is 36.0 Å². The average Bonchev–Trinajstić information content (AvgIpc) is 3.34. The molecule has 8 heteroatoms. The third-order valence-corrected chi connectivity index (χ3v) is 9.50. The first-order valence-electron chi connectivity index (χ1n) is 12.9. The Labute approximate surface area is 209 Å². The van der Waals surface area contributed by atoms with Gasteiger partial charge in [0.2, 0.25) is 15.9 Å². The highest BCUT2D eigenvalue weighted by Crippen LogP contribution is 2.26. The predicted molar refractivity (Wildman–Crippen MR) is 137 cm³/mol. The molecule has 2 aliphatic heterocycles. The van der Waals surface area contributed by atoms with E-state index in [-0.39, 0.29) is 11.9 Å². The van der Waals surface area contributed by atoms with E-state index in [9.17, 15) is 13.2 Å². The number of fused-ring (bicyclic) bond motifs is 1. The summed E-state index contributed by atoms with van der Waals surface area (Å²) in [6, 6.07) is 16.3. The van der Waals surface area contributed by atoms with Crippen molar-refractivity contribution >= 4 is 15.9 Å². The lowest BCUT2D eigenvalue weighted by molar-refractivity contribution is -0.123. The first-order chi connectivity index (χ1) is 17.0. The summed E-state index contributed by atoms with van der Waals surface area (Å²) in [5.74, 6) is 0.0430. The SMILES string of the molecule is O=C(CN1CCN(S(=O)(=O)c2ccc3c(c2)CCC3)CC1)NC1CCN(Cc2ccccc2)CC1. The fourth-order valence-corrected chi connectivity index (χ4v) is 7.01. The molecule has 2 heterocycles. The molecule has 2 aromatic rings. The van der Waals surface area contributed by atoms with E-state index in [1.807, 2.05) is 18.2 Å². The van der Waals surface area contributed by atoms with Crippen molar-refractivity contribution in [3.63, 3.8) is 0 Å². The molecular weight excluding hydrogens is 460 g/mol. The van der Waals surface area contributed by atoms with E-state index in [0.717, 1.165) is 51.7 Å². The quantitative estimate of drug-likeness (QED) is 0.637. The number of piperidine rings is 1. The molecule has 0 aromatic heterocycles. The number of piperazine rings is 1. The summed E-state index contributed by atoms with van der Waals surface area (Å²) in [5, 5.41) is 3.20. The largest absolute Gasteiger partial charge is 0.352 e. The highest BCUT2D eigenvalue weighted by atomic mass is 32.2. The number of rotatable bonds is 7. The van der Waals surface area contributed by atoms with Crippen LogP contribution in [0.15, 0.2) is 53.4 Å². The zero-order valence-electron chi connectivity index (χ0n) is 20.4. The van der Waals surface area contributed by atoms with Gasteiger partial charge in [0.25, 0.3) is 0 Å². The minimum Gasteiger partial charge on any atom is -0.352 e. The Hall–Kier alpha value is -2.26. The summed E-state index contributed by atoms with van der Waals surface area (Å²) in [6.45, 7) is 5.25. The molecule has 5 rings (SSSR count). The number of hydrogen-bond acceptors (Lipinski definition) is 5. The maximum Gasteiger partial charge on any atom is 0.243 e. The first kappa shape index (κ1) is 24.4. The van der Waals surface area contributed by atoms with E-state index in [1.54, 1.807) is 10.4 Å². The minimum absolute atomic E-state index is 0.0430. The molecule has 1 aliphatic carbocycles. The van der Waals surface area contributed by atoms with Crippen molar-refractivity contribution in [2.24, 2.45) is 0 Å². The van der Waals surface area contributed by atoms with E-state index in [4.69, 9.17) is 0 Å². The van der Waals surface area contributed by atoms with Gasteiger partial charge >= 0.3 is 0 Å². The molecule has 2 aromatic carbocycles. The van der Waals surface area contributed by atoms with E-state index in [1.165, 1.54) is 16.7 Å². The van der Waals surface area contributed by atoms with Gasteiger partial charge in [-0.3, -0.25) is 14.6 Å². The van der Waals surface area contributed by atoms with Gasteiger partial charge in [-0.05, 0) is 60.9 Å². The third kappa shape index (κ3) is 5.94. The Bertz CT molecular complexity index is 1120. The van der Waals surface area contributed by atoms with Gasteiger partial charge in [0, 0.05) is 51.9 Å². The smallest absolute Gasteiger partial charge is 0.243 e. The normalized spacial score (nSPS) is 20.6. The summed E-state index contributed by atoms with van der Waals surface area (Å²) >= 11 is 0. The van der Waals surface area contributed by atoms with Crippen LogP contribution < -0.4 is 5.32 Å². The Morgan fingerprint density at radius 3 is 2.31 bits per heavy atom. The van der Waals surface area contributed by atoms with Crippen molar-refractivity contribution in [1.82, 2.24) is 19.4 Å². The molecule has 0 atom stereocenters. The molecule has 7 nitrogen and oxygen atoms in total. The lowest BCUT2D eigenvalue weighted by Crippen LogP contribution is -2.52. The molecular formula is C27H36N4O3S. The average molecular weight is 497 g/mol. The Morgan fingerprint density at radius 1 is 0.857 bits per heavy atom. The highest BCUT2D eigenvalue weighted by molar-refractivity contribution is 7.89. The number of benzene rings is 2. The van der Waals surface area contributed by atoms with Crippen molar-refractivity contribution in [3.05, 3.63) is 65.2 Å². The number of sulfonamides is 1. The summed E-state index contributed by atoms with van der Waals surface area (Å²) in [5.41, 5.74) is 3.78. The zero-order valence-corrected chi connectivity index (χ0v) is 21.2. The second-order valence-electron chi connectivity index (χ2n) is 10.1. The molecule has 0 spiro atoms. The van der Waals surface area contributed by atoms with Gasteiger partial charge in [0.1, 0.15) is 0 Å². The Balaban J connectivity index is 1.05. The molecule has 1 N–H and O–H groups in total. The summed E-state index contributed by atoms with van der Waals surface area (Å²) in [6.07, 6.45) is 5.04. The van der Waals surface area contributed by atoms with Crippen LogP contribution >= 0.6 is 0 Å². The maximum absolute atomic E-state index is 13.1. The number of carbonyl (C=O) groups excluding carboxylic acids is 1. The van der Waals surface area contributed by atoms with E-state index in [2.05, 4.69) is 39.4 Å². The molecule has 0 radical (unpaired) electrons. The number of carbonyl (C=O) groups is 1. The number of aryl methyl sites for hydroxylation is 2. The van der Waals surface area contributed by atoms with Crippen molar-refractivity contribution in [2.75, 3.05) is 45.8 Å². The molecule has 1 amide bonds. The van der Waals surface area contributed by atoms with Gasteiger partial charge < -0.3 is 5.32 Å². The number of nitrogens with one attached hydrogen (secondary N) is 1. The summed E-state index contributed by atoms with van der Waals surface area (Å²) in [4.78, 5) is 17.6. The van der Waals surface area contributed by atoms with Crippen molar-refractivity contribution in [2.45, 2.75) is 49.6 Å². The molecule has 3 aliphatic rings. The van der Waals surface area contributed by atoms with Crippen molar-refractivity contribution < 1.29 is 13.2 Å². The molecule has 188 valence electrons. The lowest BCUT2D eigenvalue weighted by Gasteiger charge is -2.35. The predicted octanol–water partition coefficient (Wildman–Crippen LogP) is 2.26. The van der Waals surface area contributed by atoms with Crippen LogP contribution in [0.3, 0.4) is 0 Å². The van der Waals surface area contributed by atoms with Gasteiger partial charge in [-0.2, -0.15) is 4.31 Å². The number of hydrogen-bond donors (Lipinski definition) is 1. The van der Waals surface area contributed by atoms with Crippen molar-refractivity contribution in [3.8, 4) is 0 Å². The van der Waals surface area contributed by atoms with Gasteiger partial charge in [0.05, 0.1) is 11.4 Å². The van der Waals surface area contributed by atoms with Gasteiger partial charge in [-0.1, -0.05) is 36.4 Å². The first-order valence-corrected chi connectivity index (χ1v) is 14.3. The van der Waals surface area contributed by atoms with Crippen LogP contribution in [0.5, 0.6) is 0 Å². The van der Waals surface area contributed by atoms with E-state index >= 15 is 0 Å². The monoisotopic (exact) mass is 496 g/mol. The third-order valence-electron chi connectivity index (χ3n) is 7.61. The minimum atomic E-state index is -3.48.